The smallest absolute Gasteiger partial charge is 0.243 e. The SMILES string of the molecule is N#Cc1ccc(CNC(=O)C2Cc3nc[nH]c3CN2C(=O)C2CCCCC2)cc1. The molecule has 1 atom stereocenters. The van der Waals surface area contributed by atoms with Gasteiger partial charge in [0.25, 0.3) is 0 Å². The van der Waals surface area contributed by atoms with Crippen LogP contribution in [0.2, 0.25) is 0 Å². The fourth-order valence-corrected chi connectivity index (χ4v) is 4.29. The fraction of sp³-hybridized carbons (Fsp3) is 0.455. The van der Waals surface area contributed by atoms with Gasteiger partial charge >= 0.3 is 0 Å². The molecule has 7 nitrogen and oxygen atoms in total. The summed E-state index contributed by atoms with van der Waals surface area (Å²) in [5.41, 5.74) is 3.28. The second-order valence-electron chi connectivity index (χ2n) is 7.88. The van der Waals surface area contributed by atoms with Crippen molar-refractivity contribution in [3.63, 3.8) is 0 Å². The molecule has 0 saturated heterocycles. The number of H-pyrrole nitrogens is 1. The molecule has 2 aromatic rings. The van der Waals surface area contributed by atoms with Crippen LogP contribution in [0.4, 0.5) is 0 Å². The number of benzene rings is 1. The number of carbonyl (C=O) groups excluding carboxylic acids is 2. The molecular weight excluding hydrogens is 366 g/mol. The van der Waals surface area contributed by atoms with Crippen LogP contribution in [0.3, 0.4) is 0 Å². The lowest BCUT2D eigenvalue weighted by atomic mass is 9.87. The second-order valence-corrected chi connectivity index (χ2v) is 7.88. The lowest BCUT2D eigenvalue weighted by molar-refractivity contribution is -0.146. The van der Waals surface area contributed by atoms with Gasteiger partial charge < -0.3 is 15.2 Å². The second kappa shape index (κ2) is 8.48. The molecule has 4 rings (SSSR count). The van der Waals surface area contributed by atoms with E-state index in [0.717, 1.165) is 42.6 Å². The highest BCUT2D eigenvalue weighted by Crippen LogP contribution is 2.29. The Hall–Kier alpha value is -3.14. The molecule has 1 aliphatic carbocycles. The zero-order chi connectivity index (χ0) is 20.2. The van der Waals surface area contributed by atoms with Crippen molar-refractivity contribution in [3.05, 3.63) is 53.1 Å². The van der Waals surface area contributed by atoms with Crippen LogP contribution in [0.1, 0.15) is 54.6 Å². The lowest BCUT2D eigenvalue weighted by Crippen LogP contribution is -2.54. The quantitative estimate of drug-likeness (QED) is 0.836. The number of imidazole rings is 1. The number of hydrogen-bond donors (Lipinski definition) is 2. The number of aromatic amines is 1. The van der Waals surface area contributed by atoms with E-state index in [0.29, 0.717) is 25.1 Å². The maximum atomic E-state index is 13.2. The minimum atomic E-state index is -0.543. The largest absolute Gasteiger partial charge is 0.350 e. The van der Waals surface area contributed by atoms with Crippen LogP contribution in [0.25, 0.3) is 0 Å². The van der Waals surface area contributed by atoms with Crippen LogP contribution < -0.4 is 5.32 Å². The topological polar surface area (TPSA) is 102 Å². The molecule has 1 aromatic carbocycles. The monoisotopic (exact) mass is 391 g/mol. The maximum Gasteiger partial charge on any atom is 0.243 e. The summed E-state index contributed by atoms with van der Waals surface area (Å²) in [6.45, 7) is 0.763. The van der Waals surface area contributed by atoms with Gasteiger partial charge in [0.2, 0.25) is 11.8 Å². The molecule has 1 unspecified atom stereocenters. The highest BCUT2D eigenvalue weighted by atomic mass is 16.2. The minimum absolute atomic E-state index is 0.0158. The van der Waals surface area contributed by atoms with E-state index in [4.69, 9.17) is 5.26 Å². The van der Waals surface area contributed by atoms with Crippen molar-refractivity contribution >= 4 is 11.8 Å². The number of nitrogens with zero attached hydrogens (tertiary/aromatic N) is 3. The van der Waals surface area contributed by atoms with Gasteiger partial charge in [-0.2, -0.15) is 5.26 Å². The molecule has 29 heavy (non-hydrogen) atoms. The molecule has 0 spiro atoms. The first-order chi connectivity index (χ1) is 14.2. The molecule has 1 saturated carbocycles. The van der Waals surface area contributed by atoms with Gasteiger partial charge in [-0.3, -0.25) is 9.59 Å². The van der Waals surface area contributed by atoms with Gasteiger partial charge in [-0.15, -0.1) is 0 Å². The number of nitriles is 1. The summed E-state index contributed by atoms with van der Waals surface area (Å²) in [4.78, 5) is 35.4. The first-order valence-corrected chi connectivity index (χ1v) is 10.2. The van der Waals surface area contributed by atoms with Gasteiger partial charge in [0, 0.05) is 18.9 Å². The van der Waals surface area contributed by atoms with Crippen molar-refractivity contribution in [1.82, 2.24) is 20.2 Å². The maximum absolute atomic E-state index is 13.2. The molecule has 7 heteroatoms. The normalized spacial score (nSPS) is 19.3. The third-order valence-corrected chi connectivity index (χ3v) is 5.99. The molecular formula is C22H25N5O2. The van der Waals surface area contributed by atoms with E-state index in [1.54, 1.807) is 23.4 Å². The van der Waals surface area contributed by atoms with Crippen LogP contribution in [-0.2, 0) is 29.1 Å². The molecule has 1 aromatic heterocycles. The zero-order valence-electron chi connectivity index (χ0n) is 16.4. The highest BCUT2D eigenvalue weighted by molar-refractivity contribution is 5.89. The lowest BCUT2D eigenvalue weighted by Gasteiger charge is -2.37. The summed E-state index contributed by atoms with van der Waals surface area (Å²) in [5, 5.41) is 11.9. The Balaban J connectivity index is 1.47. The van der Waals surface area contributed by atoms with E-state index in [2.05, 4.69) is 21.4 Å². The van der Waals surface area contributed by atoms with Crippen molar-refractivity contribution in [2.75, 3.05) is 0 Å². The highest BCUT2D eigenvalue weighted by Gasteiger charge is 2.38. The molecule has 1 fully saturated rings. The number of rotatable bonds is 4. The standard InChI is InChI=1S/C22H25N5O2/c23-11-15-6-8-16(9-7-15)12-24-21(28)20-10-18-19(26-14-25-18)13-27(20)22(29)17-4-2-1-3-5-17/h6-9,14,17,20H,1-5,10,12-13H2,(H,24,28)(H,25,26). The number of amides is 2. The number of fused-ring (bicyclic) bond motifs is 1. The van der Waals surface area contributed by atoms with Gasteiger partial charge in [-0.05, 0) is 30.5 Å². The Morgan fingerprint density at radius 1 is 1.21 bits per heavy atom. The third kappa shape index (κ3) is 4.16. The Morgan fingerprint density at radius 3 is 2.69 bits per heavy atom. The summed E-state index contributed by atoms with van der Waals surface area (Å²) in [5.74, 6) is -0.0577. The van der Waals surface area contributed by atoms with Crippen LogP contribution in [-0.4, -0.2) is 32.7 Å². The van der Waals surface area contributed by atoms with Crippen molar-refractivity contribution in [1.29, 1.82) is 5.26 Å². The molecule has 0 bridgehead atoms. The van der Waals surface area contributed by atoms with E-state index < -0.39 is 6.04 Å². The fourth-order valence-electron chi connectivity index (χ4n) is 4.29. The number of nitrogens with one attached hydrogen (secondary N) is 2. The van der Waals surface area contributed by atoms with Crippen LogP contribution in [0, 0.1) is 17.2 Å². The van der Waals surface area contributed by atoms with E-state index in [9.17, 15) is 9.59 Å². The average molecular weight is 391 g/mol. The van der Waals surface area contributed by atoms with E-state index in [-0.39, 0.29) is 17.7 Å². The predicted octanol–water partition coefficient (Wildman–Crippen LogP) is 2.43. The van der Waals surface area contributed by atoms with Crippen LogP contribution in [0.5, 0.6) is 0 Å². The van der Waals surface area contributed by atoms with Gasteiger partial charge in [-0.25, -0.2) is 4.98 Å². The van der Waals surface area contributed by atoms with E-state index >= 15 is 0 Å². The van der Waals surface area contributed by atoms with Crippen LogP contribution >= 0.6 is 0 Å². The first kappa shape index (κ1) is 19.2. The summed E-state index contributed by atoms with van der Waals surface area (Å²) in [6, 6.07) is 8.67. The third-order valence-electron chi connectivity index (χ3n) is 5.99. The Kier molecular flexibility index (Phi) is 5.61. The molecule has 2 amide bonds. The summed E-state index contributed by atoms with van der Waals surface area (Å²) >= 11 is 0. The molecule has 1 aliphatic heterocycles. The first-order valence-electron chi connectivity index (χ1n) is 10.2. The van der Waals surface area contributed by atoms with Gasteiger partial charge in [0.1, 0.15) is 6.04 Å². The Bertz CT molecular complexity index is 921. The molecule has 2 heterocycles. The molecule has 150 valence electrons. The van der Waals surface area contributed by atoms with Crippen molar-refractivity contribution in [3.8, 4) is 6.07 Å². The van der Waals surface area contributed by atoms with Gasteiger partial charge in [-0.1, -0.05) is 31.4 Å². The Labute approximate surface area is 170 Å². The van der Waals surface area contributed by atoms with Crippen LogP contribution in [0.15, 0.2) is 30.6 Å². The molecule has 2 N–H and O–H groups in total. The number of aromatic nitrogens is 2. The summed E-state index contributed by atoms with van der Waals surface area (Å²) < 4.78 is 0. The van der Waals surface area contributed by atoms with E-state index in [1.165, 1.54) is 6.42 Å². The van der Waals surface area contributed by atoms with E-state index in [1.807, 2.05) is 12.1 Å². The molecule has 0 radical (unpaired) electrons. The van der Waals surface area contributed by atoms with Crippen molar-refractivity contribution < 1.29 is 9.59 Å². The minimum Gasteiger partial charge on any atom is -0.350 e. The summed E-state index contributed by atoms with van der Waals surface area (Å²) in [6.07, 6.45) is 7.21. The van der Waals surface area contributed by atoms with Gasteiger partial charge in [0.05, 0.1) is 35.9 Å². The molecule has 2 aliphatic rings. The summed E-state index contributed by atoms with van der Waals surface area (Å²) in [7, 11) is 0. The zero-order valence-corrected chi connectivity index (χ0v) is 16.4. The van der Waals surface area contributed by atoms with Crippen molar-refractivity contribution in [2.24, 2.45) is 5.92 Å². The number of hydrogen-bond acceptors (Lipinski definition) is 4. The van der Waals surface area contributed by atoms with Gasteiger partial charge in [0.15, 0.2) is 0 Å². The average Bonchev–Trinajstić information content (AvgIpc) is 3.24. The Morgan fingerprint density at radius 2 is 1.97 bits per heavy atom. The predicted molar refractivity (Wildman–Crippen MR) is 106 cm³/mol. The van der Waals surface area contributed by atoms with Crippen molar-refractivity contribution in [2.45, 2.75) is 57.7 Å². The number of carbonyl (C=O) groups is 2.